The van der Waals surface area contributed by atoms with E-state index in [-0.39, 0.29) is 11.6 Å². The van der Waals surface area contributed by atoms with Gasteiger partial charge in [-0.2, -0.15) is 0 Å². The summed E-state index contributed by atoms with van der Waals surface area (Å²) in [6.07, 6.45) is 1.86. The Morgan fingerprint density at radius 3 is 2.96 bits per heavy atom. The van der Waals surface area contributed by atoms with Gasteiger partial charge in [0.05, 0.1) is 5.25 Å². The predicted octanol–water partition coefficient (Wildman–Crippen LogP) is 3.45. The first-order chi connectivity index (χ1) is 11.4. The molecule has 0 radical (unpaired) electrons. The second-order valence-corrected chi connectivity index (χ2v) is 7.19. The molecule has 0 saturated heterocycles. The molecule has 8 heteroatoms. The number of amides is 1. The van der Waals surface area contributed by atoms with Crippen molar-refractivity contribution in [2.24, 2.45) is 0 Å². The van der Waals surface area contributed by atoms with Gasteiger partial charge in [-0.25, -0.2) is 9.89 Å². The summed E-state index contributed by atoms with van der Waals surface area (Å²) in [7, 11) is 0. The molecule has 130 valence electrons. The minimum atomic E-state index is -0.404. The molecule has 0 spiro atoms. The van der Waals surface area contributed by atoms with E-state index in [0.29, 0.717) is 22.4 Å². The fraction of sp³-hybridized carbons (Fsp3) is 0.438. The zero-order chi connectivity index (χ0) is 17.7. The molecule has 1 aromatic carbocycles. The molecule has 1 aromatic heterocycles. The molecule has 0 bridgehead atoms. The van der Waals surface area contributed by atoms with E-state index in [0.717, 1.165) is 18.4 Å². The number of halogens is 1. The quantitative estimate of drug-likeness (QED) is 0.733. The number of hydrogen-bond donors (Lipinski definition) is 2. The highest BCUT2D eigenvalue weighted by Gasteiger charge is 2.19. The highest BCUT2D eigenvalue weighted by molar-refractivity contribution is 8.00. The minimum Gasteiger partial charge on any atom is -0.325 e. The first-order valence-electron chi connectivity index (χ1n) is 7.81. The number of benzene rings is 1. The molecule has 0 fully saturated rings. The lowest BCUT2D eigenvalue weighted by molar-refractivity contribution is -0.115. The van der Waals surface area contributed by atoms with Gasteiger partial charge in [-0.3, -0.25) is 9.36 Å². The lowest BCUT2D eigenvalue weighted by Crippen LogP contribution is -2.24. The van der Waals surface area contributed by atoms with Gasteiger partial charge in [-0.1, -0.05) is 42.8 Å². The number of nitrogens with zero attached hydrogens (tertiary/aromatic N) is 2. The van der Waals surface area contributed by atoms with Crippen LogP contribution in [0.15, 0.2) is 28.2 Å². The van der Waals surface area contributed by atoms with Crippen LogP contribution in [-0.2, 0) is 11.3 Å². The molecule has 1 heterocycles. The van der Waals surface area contributed by atoms with Crippen molar-refractivity contribution in [3.63, 3.8) is 0 Å². The first kappa shape index (κ1) is 18.6. The molecule has 0 aliphatic rings. The van der Waals surface area contributed by atoms with Gasteiger partial charge in [-0.15, -0.1) is 5.10 Å². The van der Waals surface area contributed by atoms with Crippen LogP contribution in [0.4, 0.5) is 5.69 Å². The average molecular weight is 369 g/mol. The number of anilines is 1. The van der Waals surface area contributed by atoms with Gasteiger partial charge < -0.3 is 5.32 Å². The zero-order valence-corrected chi connectivity index (χ0v) is 15.5. The van der Waals surface area contributed by atoms with Crippen molar-refractivity contribution in [1.29, 1.82) is 0 Å². The van der Waals surface area contributed by atoms with E-state index in [4.69, 9.17) is 11.6 Å². The third-order valence-electron chi connectivity index (χ3n) is 3.64. The summed E-state index contributed by atoms with van der Waals surface area (Å²) in [6.45, 7) is 6.28. The van der Waals surface area contributed by atoms with Crippen molar-refractivity contribution in [1.82, 2.24) is 14.8 Å². The largest absolute Gasteiger partial charge is 0.343 e. The molecular formula is C16H21ClN4O2S. The zero-order valence-electron chi connectivity index (χ0n) is 13.9. The van der Waals surface area contributed by atoms with Crippen LogP contribution in [0.2, 0.25) is 5.02 Å². The highest BCUT2D eigenvalue weighted by atomic mass is 35.5. The van der Waals surface area contributed by atoms with Crippen molar-refractivity contribution in [3.8, 4) is 0 Å². The van der Waals surface area contributed by atoms with Gasteiger partial charge >= 0.3 is 5.69 Å². The lowest BCUT2D eigenvalue weighted by atomic mass is 10.2. The van der Waals surface area contributed by atoms with Crippen LogP contribution in [0.25, 0.3) is 0 Å². The van der Waals surface area contributed by atoms with E-state index in [1.807, 2.05) is 13.0 Å². The van der Waals surface area contributed by atoms with E-state index >= 15 is 0 Å². The summed E-state index contributed by atoms with van der Waals surface area (Å²) in [5.41, 5.74) is 1.26. The molecule has 24 heavy (non-hydrogen) atoms. The maximum atomic E-state index is 12.4. The Morgan fingerprint density at radius 2 is 2.25 bits per heavy atom. The summed E-state index contributed by atoms with van der Waals surface area (Å²) in [6, 6.07) is 5.38. The Balaban J connectivity index is 2.07. The number of aromatic nitrogens is 3. The lowest BCUT2D eigenvalue weighted by Gasteiger charge is -2.14. The summed E-state index contributed by atoms with van der Waals surface area (Å²) in [4.78, 5) is 24.2. The summed E-state index contributed by atoms with van der Waals surface area (Å²) in [5.74, 6) is -0.164. The van der Waals surface area contributed by atoms with Gasteiger partial charge in [0.1, 0.15) is 0 Å². The van der Waals surface area contributed by atoms with Crippen LogP contribution in [0, 0.1) is 6.92 Å². The van der Waals surface area contributed by atoms with Crippen LogP contribution >= 0.6 is 23.4 Å². The molecule has 2 N–H and O–H groups in total. The fourth-order valence-corrected chi connectivity index (χ4v) is 3.15. The maximum absolute atomic E-state index is 12.4. The van der Waals surface area contributed by atoms with Crippen molar-refractivity contribution >= 4 is 35.0 Å². The molecule has 6 nitrogen and oxygen atoms in total. The van der Waals surface area contributed by atoms with Crippen LogP contribution in [-0.4, -0.2) is 25.9 Å². The van der Waals surface area contributed by atoms with Crippen LogP contribution in [0.3, 0.4) is 0 Å². The summed E-state index contributed by atoms with van der Waals surface area (Å²) < 4.78 is 1.57. The number of carbonyl (C=O) groups excluding carboxylic acids is 1. The predicted molar refractivity (Wildman–Crippen MR) is 97.9 cm³/mol. The number of carbonyl (C=O) groups is 1. The standard InChI is InChI=1S/C16H21ClN4O2S/c1-4-5-9-21-15(23)19-20-16(21)24-11(3)14(22)18-13-8-6-7-12(17)10(13)2/h6-8,11H,4-5,9H2,1-3H3,(H,18,22)(H,19,23). The van der Waals surface area contributed by atoms with Crippen LogP contribution in [0.5, 0.6) is 0 Å². The molecular weight excluding hydrogens is 348 g/mol. The van der Waals surface area contributed by atoms with E-state index in [9.17, 15) is 9.59 Å². The van der Waals surface area contributed by atoms with Crippen molar-refractivity contribution in [2.45, 2.75) is 50.6 Å². The normalized spacial score (nSPS) is 12.2. The number of H-pyrrole nitrogens is 1. The van der Waals surface area contributed by atoms with E-state index < -0.39 is 5.25 Å². The Kier molecular flexibility index (Phi) is 6.51. The third-order valence-corrected chi connectivity index (χ3v) is 5.14. The smallest absolute Gasteiger partial charge is 0.325 e. The average Bonchev–Trinajstić information content (AvgIpc) is 2.89. The van der Waals surface area contributed by atoms with E-state index in [1.54, 1.807) is 23.6 Å². The van der Waals surface area contributed by atoms with E-state index in [1.165, 1.54) is 11.8 Å². The Bertz CT molecular complexity index is 772. The fourth-order valence-electron chi connectivity index (χ4n) is 2.10. The number of nitrogens with one attached hydrogen (secondary N) is 2. The third kappa shape index (κ3) is 4.42. The molecule has 1 atom stereocenters. The highest BCUT2D eigenvalue weighted by Crippen LogP contribution is 2.25. The van der Waals surface area contributed by atoms with E-state index in [2.05, 4.69) is 22.4 Å². The van der Waals surface area contributed by atoms with Crippen molar-refractivity contribution in [2.75, 3.05) is 5.32 Å². The van der Waals surface area contributed by atoms with Gasteiger partial charge in [0.2, 0.25) is 5.91 Å². The molecule has 0 saturated carbocycles. The second kappa shape index (κ2) is 8.39. The van der Waals surface area contributed by atoms with Gasteiger partial charge in [0.15, 0.2) is 5.16 Å². The number of aromatic amines is 1. The van der Waals surface area contributed by atoms with Gasteiger partial charge in [0, 0.05) is 17.3 Å². The second-order valence-electron chi connectivity index (χ2n) is 5.48. The number of unbranched alkanes of at least 4 members (excludes halogenated alkanes) is 1. The SMILES string of the molecule is CCCCn1c(SC(C)C(=O)Nc2cccc(Cl)c2C)n[nH]c1=O. The Hall–Kier alpha value is -1.73. The van der Waals surface area contributed by atoms with Gasteiger partial charge in [-0.05, 0) is 38.0 Å². The molecule has 1 unspecified atom stereocenters. The Labute approximate surface area is 150 Å². The maximum Gasteiger partial charge on any atom is 0.343 e. The minimum absolute atomic E-state index is 0.164. The van der Waals surface area contributed by atoms with Crippen LogP contribution in [0.1, 0.15) is 32.3 Å². The number of thioether (sulfide) groups is 1. The number of rotatable bonds is 7. The topological polar surface area (TPSA) is 79.8 Å². The summed E-state index contributed by atoms with van der Waals surface area (Å²) >= 11 is 7.32. The molecule has 0 aliphatic heterocycles. The summed E-state index contributed by atoms with van der Waals surface area (Å²) in [5, 5.41) is 10.1. The van der Waals surface area contributed by atoms with Gasteiger partial charge in [0.25, 0.3) is 0 Å². The molecule has 1 amide bonds. The first-order valence-corrected chi connectivity index (χ1v) is 9.07. The van der Waals surface area contributed by atoms with Crippen LogP contribution < -0.4 is 11.0 Å². The van der Waals surface area contributed by atoms with Crippen molar-refractivity contribution < 1.29 is 4.79 Å². The molecule has 2 aromatic rings. The Morgan fingerprint density at radius 1 is 1.50 bits per heavy atom. The van der Waals surface area contributed by atoms with Crippen molar-refractivity contribution in [3.05, 3.63) is 39.3 Å². The molecule has 0 aliphatic carbocycles. The molecule has 2 rings (SSSR count). The monoisotopic (exact) mass is 368 g/mol. The number of hydrogen-bond acceptors (Lipinski definition) is 4.